The van der Waals surface area contributed by atoms with Gasteiger partial charge < -0.3 is 24.9 Å². The van der Waals surface area contributed by atoms with Crippen molar-refractivity contribution in [2.75, 3.05) is 13.2 Å². The molecule has 1 unspecified atom stereocenters. The first-order valence-corrected chi connectivity index (χ1v) is 9.19. The number of aliphatic hydroxyl groups excluding tert-OH is 1. The first-order valence-electron chi connectivity index (χ1n) is 9.19. The van der Waals surface area contributed by atoms with Crippen molar-refractivity contribution in [2.24, 2.45) is 0 Å². The van der Waals surface area contributed by atoms with Gasteiger partial charge in [0.2, 0.25) is 5.91 Å². The number of ether oxygens (including phenoxy) is 1. The number of hydrogen-bond donors (Lipinski definition) is 3. The highest BCUT2D eigenvalue weighted by Gasteiger charge is 2.43. The Hall–Kier alpha value is -3.39. The van der Waals surface area contributed by atoms with Gasteiger partial charge in [0.1, 0.15) is 28.5 Å². The minimum atomic E-state index is -1.33. The molecule has 2 amide bonds. The van der Waals surface area contributed by atoms with Crippen LogP contribution in [0.15, 0.2) is 48.7 Å². The fraction of sp³-hybridized carbons (Fsp3) is 0.238. The average Bonchev–Trinajstić information content (AvgIpc) is 3.21. The number of aromatic nitrogens is 1. The number of rotatable bonds is 5. The molecule has 29 heavy (non-hydrogen) atoms. The number of benzene rings is 1. The fourth-order valence-electron chi connectivity index (χ4n) is 3.56. The van der Waals surface area contributed by atoms with Crippen molar-refractivity contribution in [3.63, 3.8) is 0 Å². The Morgan fingerprint density at radius 2 is 2.14 bits per heavy atom. The molecule has 0 bridgehead atoms. The van der Waals surface area contributed by atoms with Crippen LogP contribution in [-0.2, 0) is 4.79 Å². The summed E-state index contributed by atoms with van der Waals surface area (Å²) in [6, 6.07) is 11.1. The lowest BCUT2D eigenvalue weighted by Crippen LogP contribution is -2.56. The molecule has 0 saturated carbocycles. The Labute approximate surface area is 166 Å². The number of halogens is 1. The SMILES string of the molecule is Cc1cc2ccc(Oc3cccc(F)c3)cn2c1C(=O)NC1(CO)CCNC1=O. The van der Waals surface area contributed by atoms with E-state index in [1.54, 1.807) is 41.8 Å². The Morgan fingerprint density at radius 3 is 2.83 bits per heavy atom. The molecule has 2 aromatic heterocycles. The van der Waals surface area contributed by atoms with Crippen molar-refractivity contribution >= 4 is 17.3 Å². The Balaban J connectivity index is 1.68. The van der Waals surface area contributed by atoms with Crippen molar-refractivity contribution in [1.82, 2.24) is 15.0 Å². The number of aryl methyl sites for hydroxylation is 1. The van der Waals surface area contributed by atoms with Gasteiger partial charge in [0, 0.05) is 18.1 Å². The second kappa shape index (κ2) is 7.21. The second-order valence-electron chi connectivity index (χ2n) is 7.10. The van der Waals surface area contributed by atoms with Gasteiger partial charge in [-0.3, -0.25) is 9.59 Å². The lowest BCUT2D eigenvalue weighted by Gasteiger charge is -2.25. The third kappa shape index (κ3) is 3.42. The summed E-state index contributed by atoms with van der Waals surface area (Å²) >= 11 is 0. The smallest absolute Gasteiger partial charge is 0.269 e. The molecular formula is C21H20FN3O4. The molecule has 0 aliphatic carbocycles. The van der Waals surface area contributed by atoms with Gasteiger partial charge in [-0.15, -0.1) is 0 Å². The average molecular weight is 397 g/mol. The van der Waals surface area contributed by atoms with Crippen molar-refractivity contribution in [2.45, 2.75) is 18.9 Å². The first-order chi connectivity index (χ1) is 13.9. The summed E-state index contributed by atoms with van der Waals surface area (Å²) in [5.41, 5.74) is 0.464. The van der Waals surface area contributed by atoms with E-state index in [4.69, 9.17) is 4.74 Å². The number of aliphatic hydroxyl groups is 1. The Kier molecular flexibility index (Phi) is 4.71. The molecule has 1 aromatic carbocycles. The lowest BCUT2D eigenvalue weighted by atomic mass is 9.98. The number of carbonyl (C=O) groups is 2. The molecular weight excluding hydrogens is 377 g/mol. The van der Waals surface area contributed by atoms with Gasteiger partial charge in [0.15, 0.2) is 0 Å². The standard InChI is InChI=1S/C21H20FN3O4/c1-13-9-15-5-6-17(29-16-4-2-3-14(22)10-16)11-25(15)18(13)19(27)24-21(12-26)7-8-23-20(21)28/h2-6,9-11,26H,7-8,12H2,1H3,(H,23,28)(H,24,27). The summed E-state index contributed by atoms with van der Waals surface area (Å²) in [4.78, 5) is 25.1. The van der Waals surface area contributed by atoms with Crippen LogP contribution >= 0.6 is 0 Å². The highest BCUT2D eigenvalue weighted by Crippen LogP contribution is 2.26. The first kappa shape index (κ1) is 18.9. The molecule has 3 N–H and O–H groups in total. The summed E-state index contributed by atoms with van der Waals surface area (Å²) in [6.45, 7) is 1.69. The largest absolute Gasteiger partial charge is 0.456 e. The van der Waals surface area contributed by atoms with Gasteiger partial charge in [-0.05, 0) is 49.2 Å². The number of hydrogen-bond acceptors (Lipinski definition) is 4. The second-order valence-corrected chi connectivity index (χ2v) is 7.10. The minimum Gasteiger partial charge on any atom is -0.456 e. The Bertz CT molecular complexity index is 1110. The summed E-state index contributed by atoms with van der Waals surface area (Å²) in [6.07, 6.45) is 1.94. The molecule has 4 rings (SSSR count). The highest BCUT2D eigenvalue weighted by molar-refractivity contribution is 6.01. The zero-order chi connectivity index (χ0) is 20.6. The molecule has 0 radical (unpaired) electrons. The van der Waals surface area contributed by atoms with Gasteiger partial charge in [0.25, 0.3) is 5.91 Å². The van der Waals surface area contributed by atoms with Gasteiger partial charge in [-0.25, -0.2) is 4.39 Å². The lowest BCUT2D eigenvalue weighted by molar-refractivity contribution is -0.125. The number of nitrogens with zero attached hydrogens (tertiary/aromatic N) is 1. The van der Waals surface area contributed by atoms with E-state index >= 15 is 0 Å². The van der Waals surface area contributed by atoms with E-state index in [2.05, 4.69) is 10.6 Å². The third-order valence-electron chi connectivity index (χ3n) is 5.07. The predicted octanol–water partition coefficient (Wildman–Crippen LogP) is 2.16. The number of carbonyl (C=O) groups excluding carboxylic acids is 2. The monoisotopic (exact) mass is 397 g/mol. The van der Waals surface area contributed by atoms with Gasteiger partial charge in [-0.2, -0.15) is 0 Å². The summed E-state index contributed by atoms with van der Waals surface area (Å²) in [5, 5.41) is 15.0. The topological polar surface area (TPSA) is 92.1 Å². The third-order valence-corrected chi connectivity index (χ3v) is 5.07. The molecule has 1 fully saturated rings. The molecule has 1 aliphatic heterocycles. The molecule has 0 spiro atoms. The summed E-state index contributed by atoms with van der Waals surface area (Å²) in [5.74, 6) is -0.535. The van der Waals surface area contributed by atoms with E-state index in [-0.39, 0.29) is 0 Å². The molecule has 3 aromatic rings. The molecule has 1 saturated heterocycles. The van der Waals surface area contributed by atoms with E-state index in [0.717, 1.165) is 5.52 Å². The van der Waals surface area contributed by atoms with Crippen LogP contribution in [0.4, 0.5) is 4.39 Å². The van der Waals surface area contributed by atoms with Gasteiger partial charge in [0.05, 0.1) is 12.8 Å². The van der Waals surface area contributed by atoms with Crippen LogP contribution in [0, 0.1) is 12.7 Å². The zero-order valence-electron chi connectivity index (χ0n) is 15.7. The minimum absolute atomic E-state index is 0.310. The van der Waals surface area contributed by atoms with E-state index < -0.39 is 29.8 Å². The number of fused-ring (bicyclic) bond motifs is 1. The quantitative estimate of drug-likeness (QED) is 0.615. The van der Waals surface area contributed by atoms with E-state index in [1.165, 1.54) is 12.1 Å². The maximum Gasteiger partial charge on any atom is 0.269 e. The van der Waals surface area contributed by atoms with E-state index in [9.17, 15) is 19.1 Å². The highest BCUT2D eigenvalue weighted by atomic mass is 19.1. The zero-order valence-corrected chi connectivity index (χ0v) is 15.7. The molecule has 1 aliphatic rings. The van der Waals surface area contributed by atoms with Crippen LogP contribution in [0.25, 0.3) is 5.52 Å². The van der Waals surface area contributed by atoms with E-state index in [1.807, 2.05) is 6.07 Å². The number of amides is 2. The van der Waals surface area contributed by atoms with Gasteiger partial charge >= 0.3 is 0 Å². The van der Waals surface area contributed by atoms with Gasteiger partial charge in [-0.1, -0.05) is 6.07 Å². The summed E-state index contributed by atoms with van der Waals surface area (Å²) < 4.78 is 20.8. The van der Waals surface area contributed by atoms with Crippen LogP contribution in [-0.4, -0.2) is 40.0 Å². The van der Waals surface area contributed by atoms with Crippen molar-refractivity contribution in [3.05, 3.63) is 65.7 Å². The van der Waals surface area contributed by atoms with E-state index in [0.29, 0.717) is 35.7 Å². The Morgan fingerprint density at radius 1 is 1.31 bits per heavy atom. The van der Waals surface area contributed by atoms with Crippen LogP contribution in [0.2, 0.25) is 0 Å². The predicted molar refractivity (Wildman–Crippen MR) is 104 cm³/mol. The number of nitrogens with one attached hydrogen (secondary N) is 2. The summed E-state index contributed by atoms with van der Waals surface area (Å²) in [7, 11) is 0. The maximum absolute atomic E-state index is 13.4. The van der Waals surface area contributed by atoms with Crippen LogP contribution in [0.3, 0.4) is 0 Å². The molecule has 3 heterocycles. The molecule has 150 valence electrons. The van der Waals surface area contributed by atoms with Crippen LogP contribution in [0.5, 0.6) is 11.5 Å². The molecule has 8 heteroatoms. The van der Waals surface area contributed by atoms with Crippen LogP contribution in [0.1, 0.15) is 22.5 Å². The molecule has 1 atom stereocenters. The maximum atomic E-state index is 13.4. The number of pyridine rings is 1. The molecule has 7 nitrogen and oxygen atoms in total. The van der Waals surface area contributed by atoms with Crippen molar-refractivity contribution in [1.29, 1.82) is 0 Å². The van der Waals surface area contributed by atoms with Crippen LogP contribution < -0.4 is 15.4 Å². The normalized spacial score (nSPS) is 18.7. The fourth-order valence-corrected chi connectivity index (χ4v) is 3.56. The van der Waals surface area contributed by atoms with Crippen molar-refractivity contribution < 1.29 is 23.8 Å². The van der Waals surface area contributed by atoms with Crippen molar-refractivity contribution in [3.8, 4) is 11.5 Å².